The Morgan fingerprint density at radius 3 is 1.72 bits per heavy atom. The minimum absolute atomic E-state index is 0.248. The molecular formula is C54H40N2O. The van der Waals surface area contributed by atoms with Crippen LogP contribution >= 0.6 is 0 Å². The van der Waals surface area contributed by atoms with Gasteiger partial charge in [-0.2, -0.15) is 0 Å². The van der Waals surface area contributed by atoms with Crippen LogP contribution in [0.25, 0.3) is 54.6 Å². The van der Waals surface area contributed by atoms with Crippen LogP contribution in [0.2, 0.25) is 0 Å². The maximum absolute atomic E-state index is 6.62. The first-order valence-corrected chi connectivity index (χ1v) is 19.8. The molecule has 10 aromatic rings. The molecule has 3 nitrogen and oxygen atoms in total. The van der Waals surface area contributed by atoms with E-state index >= 15 is 0 Å². The molecule has 1 aliphatic rings. The van der Waals surface area contributed by atoms with E-state index in [-0.39, 0.29) is 5.41 Å². The fraction of sp³-hybridized carbons (Fsp3) is 0.0741. The summed E-state index contributed by atoms with van der Waals surface area (Å²) in [6.07, 6.45) is 0. The maximum atomic E-state index is 6.62. The fourth-order valence-corrected chi connectivity index (χ4v) is 9.51. The summed E-state index contributed by atoms with van der Waals surface area (Å²) < 4.78 is 6.62. The van der Waals surface area contributed by atoms with E-state index in [2.05, 4.69) is 213 Å². The highest BCUT2D eigenvalue weighted by molar-refractivity contribution is 6.19. The molecule has 0 atom stereocenters. The van der Waals surface area contributed by atoms with Gasteiger partial charge >= 0.3 is 0 Å². The summed E-state index contributed by atoms with van der Waals surface area (Å²) in [5.41, 5.74) is 14.8. The van der Waals surface area contributed by atoms with Gasteiger partial charge in [0.05, 0.1) is 5.69 Å². The van der Waals surface area contributed by atoms with Crippen molar-refractivity contribution in [3.05, 3.63) is 205 Å². The van der Waals surface area contributed by atoms with Crippen LogP contribution < -0.4 is 9.80 Å². The molecule has 0 bridgehead atoms. The van der Waals surface area contributed by atoms with Gasteiger partial charge in [0, 0.05) is 44.6 Å². The zero-order chi connectivity index (χ0) is 38.3. The number of benzene rings is 9. The van der Waals surface area contributed by atoms with Gasteiger partial charge in [-0.15, -0.1) is 0 Å². The summed E-state index contributed by atoms with van der Waals surface area (Å²) >= 11 is 0. The number of rotatable bonds is 6. The normalized spacial score (nSPS) is 13.0. The van der Waals surface area contributed by atoms with Crippen molar-refractivity contribution < 1.29 is 4.42 Å². The third-order valence-corrected chi connectivity index (χ3v) is 12.2. The number of fused-ring (bicyclic) bond motifs is 7. The van der Waals surface area contributed by atoms with E-state index in [9.17, 15) is 0 Å². The van der Waals surface area contributed by atoms with Crippen molar-refractivity contribution in [2.75, 3.05) is 9.80 Å². The molecule has 0 saturated heterocycles. The van der Waals surface area contributed by atoms with Crippen LogP contribution in [0.3, 0.4) is 0 Å². The maximum Gasteiger partial charge on any atom is 0.159 e. The van der Waals surface area contributed by atoms with E-state index in [4.69, 9.17) is 4.42 Å². The molecule has 1 aromatic heterocycles. The van der Waals surface area contributed by atoms with Crippen LogP contribution in [0.5, 0.6) is 0 Å². The predicted molar refractivity (Wildman–Crippen MR) is 240 cm³/mol. The van der Waals surface area contributed by atoms with Crippen molar-refractivity contribution in [2.24, 2.45) is 0 Å². The number of hydrogen-bond donors (Lipinski definition) is 0. The van der Waals surface area contributed by atoms with Crippen molar-refractivity contribution in [1.29, 1.82) is 0 Å². The van der Waals surface area contributed by atoms with E-state index in [0.29, 0.717) is 0 Å². The van der Waals surface area contributed by atoms with Gasteiger partial charge < -0.3 is 14.2 Å². The molecule has 0 unspecified atom stereocenters. The van der Waals surface area contributed by atoms with Crippen molar-refractivity contribution in [1.82, 2.24) is 0 Å². The van der Waals surface area contributed by atoms with E-state index < -0.39 is 0 Å². The summed E-state index contributed by atoms with van der Waals surface area (Å²) in [4.78, 5) is 4.71. The number of anilines is 6. The monoisotopic (exact) mass is 732 g/mol. The smallest absolute Gasteiger partial charge is 0.159 e. The van der Waals surface area contributed by atoms with Crippen LogP contribution in [-0.4, -0.2) is 0 Å². The Morgan fingerprint density at radius 2 is 1.00 bits per heavy atom. The second-order valence-corrected chi connectivity index (χ2v) is 15.7. The lowest BCUT2D eigenvalue weighted by molar-refractivity contribution is 0.645. The van der Waals surface area contributed by atoms with E-state index in [1.54, 1.807) is 0 Å². The lowest BCUT2D eigenvalue weighted by Gasteiger charge is -2.37. The topological polar surface area (TPSA) is 19.6 Å². The van der Waals surface area contributed by atoms with Gasteiger partial charge in [0.15, 0.2) is 5.58 Å². The molecule has 9 aromatic carbocycles. The molecule has 3 heteroatoms. The van der Waals surface area contributed by atoms with E-state index in [0.717, 1.165) is 56.1 Å². The molecule has 272 valence electrons. The summed E-state index contributed by atoms with van der Waals surface area (Å²) in [6.45, 7) is 7.10. The van der Waals surface area contributed by atoms with Gasteiger partial charge in [-0.25, -0.2) is 0 Å². The molecule has 0 aliphatic heterocycles. The third kappa shape index (κ3) is 5.05. The second kappa shape index (κ2) is 12.7. The molecule has 1 heterocycles. The van der Waals surface area contributed by atoms with Crippen molar-refractivity contribution >= 4 is 77.6 Å². The third-order valence-electron chi connectivity index (χ3n) is 12.2. The summed E-state index contributed by atoms with van der Waals surface area (Å²) in [7, 11) is 0. The van der Waals surface area contributed by atoms with Crippen LogP contribution in [0.15, 0.2) is 192 Å². The van der Waals surface area contributed by atoms with Crippen LogP contribution in [0.1, 0.15) is 30.5 Å². The Kier molecular flexibility index (Phi) is 7.42. The Balaban J connectivity index is 1.13. The van der Waals surface area contributed by atoms with Gasteiger partial charge in [-0.1, -0.05) is 129 Å². The molecule has 0 N–H and O–H groups in total. The van der Waals surface area contributed by atoms with E-state index in [1.165, 1.54) is 49.4 Å². The number of furan rings is 1. The van der Waals surface area contributed by atoms with Gasteiger partial charge in [0.1, 0.15) is 5.58 Å². The van der Waals surface area contributed by atoms with Gasteiger partial charge in [0.2, 0.25) is 0 Å². The average molecular weight is 733 g/mol. The molecule has 1 aliphatic carbocycles. The lowest BCUT2D eigenvalue weighted by Crippen LogP contribution is -2.24. The highest BCUT2D eigenvalue weighted by atomic mass is 16.3. The first-order chi connectivity index (χ1) is 28.0. The Hall–Kier alpha value is -7.10. The minimum atomic E-state index is -0.248. The molecule has 0 spiro atoms. The van der Waals surface area contributed by atoms with Gasteiger partial charge in [-0.05, 0) is 129 Å². The summed E-state index contributed by atoms with van der Waals surface area (Å²) in [6, 6.07) is 67.8. The Bertz CT molecular complexity index is 3120. The Morgan fingerprint density at radius 1 is 0.421 bits per heavy atom. The van der Waals surface area contributed by atoms with Gasteiger partial charge in [-0.3, -0.25) is 0 Å². The second-order valence-electron chi connectivity index (χ2n) is 15.7. The molecule has 57 heavy (non-hydrogen) atoms. The molecule has 0 radical (unpaired) electrons. The van der Waals surface area contributed by atoms with E-state index in [1.807, 2.05) is 6.07 Å². The van der Waals surface area contributed by atoms with Crippen molar-refractivity contribution in [3.63, 3.8) is 0 Å². The Labute approximate surface area is 332 Å². The standard InChI is InChI=1S/C54H40N2O/c1-35-41-31-29-39(56(38-21-11-6-12-22-38)49-27-16-25-44-42-23-13-14-28-50(42)57-53(44)49)33-46(41)43-24-15-26-47-52(43)51(35)45-32-30-40(34-48(45)54(47,2)3)55(36-17-7-4-8-18-36)37-19-9-5-10-20-37/h4-34H,1-3H3. The number of nitrogens with zero attached hydrogens (tertiary/aromatic N) is 2. The fourth-order valence-electron chi connectivity index (χ4n) is 9.51. The zero-order valence-corrected chi connectivity index (χ0v) is 32.2. The molecular weight excluding hydrogens is 693 g/mol. The molecule has 0 fully saturated rings. The minimum Gasteiger partial charge on any atom is -0.454 e. The number of aryl methyl sites for hydroxylation is 1. The highest BCUT2D eigenvalue weighted by Crippen LogP contribution is 2.54. The molecule has 11 rings (SSSR count). The lowest BCUT2D eigenvalue weighted by atomic mass is 9.67. The average Bonchev–Trinajstić information content (AvgIpc) is 3.64. The largest absolute Gasteiger partial charge is 0.454 e. The summed E-state index contributed by atoms with van der Waals surface area (Å²) in [5.74, 6) is 0. The number of para-hydroxylation sites is 5. The SMILES string of the molecule is Cc1c2c3c(cccc3c3cc(N(c4ccccc4)c4cccc5c4oc4ccccc45)ccc13)C(C)(C)c1cc(N(c3ccccc3)c3ccccc3)ccc1-2. The first-order valence-electron chi connectivity index (χ1n) is 19.8. The molecule has 0 amide bonds. The first kappa shape index (κ1) is 33.3. The van der Waals surface area contributed by atoms with Crippen molar-refractivity contribution in [3.8, 4) is 11.1 Å². The predicted octanol–water partition coefficient (Wildman–Crippen LogP) is 15.4. The number of hydrogen-bond acceptors (Lipinski definition) is 3. The van der Waals surface area contributed by atoms with Gasteiger partial charge in [0.25, 0.3) is 0 Å². The van der Waals surface area contributed by atoms with Crippen LogP contribution in [0.4, 0.5) is 34.1 Å². The van der Waals surface area contributed by atoms with Crippen molar-refractivity contribution in [2.45, 2.75) is 26.2 Å². The molecule has 0 saturated carbocycles. The zero-order valence-electron chi connectivity index (χ0n) is 32.2. The summed E-state index contributed by atoms with van der Waals surface area (Å²) in [5, 5.41) is 7.37. The quantitative estimate of drug-likeness (QED) is 0.159. The van der Waals surface area contributed by atoms with Crippen LogP contribution in [-0.2, 0) is 5.41 Å². The van der Waals surface area contributed by atoms with Crippen LogP contribution in [0, 0.1) is 6.92 Å². The highest BCUT2D eigenvalue weighted by Gasteiger charge is 2.36.